The number of hydrogen-bond donors (Lipinski definition) is 0. The van der Waals surface area contributed by atoms with Crippen molar-refractivity contribution in [2.24, 2.45) is 5.92 Å². The summed E-state index contributed by atoms with van der Waals surface area (Å²) < 4.78 is 5.80. The van der Waals surface area contributed by atoms with Crippen molar-refractivity contribution in [3.05, 3.63) is 36.6 Å². The van der Waals surface area contributed by atoms with Crippen molar-refractivity contribution in [1.82, 2.24) is 4.90 Å². The van der Waals surface area contributed by atoms with Gasteiger partial charge in [-0.05, 0) is 45.0 Å². The van der Waals surface area contributed by atoms with Gasteiger partial charge in [0.05, 0.1) is 6.61 Å². The predicted octanol–water partition coefficient (Wildman–Crippen LogP) is 2.99. The van der Waals surface area contributed by atoms with Gasteiger partial charge in [0.1, 0.15) is 5.76 Å². The molecule has 2 heteroatoms. The molecule has 0 radical (unpaired) electrons. The fourth-order valence-electron chi connectivity index (χ4n) is 2.05. The number of hydrogen-bond acceptors (Lipinski definition) is 2. The van der Waals surface area contributed by atoms with E-state index in [0.717, 1.165) is 24.5 Å². The number of ether oxygens (including phenoxy) is 1. The molecule has 2 nitrogen and oxygen atoms in total. The minimum Gasteiger partial charge on any atom is -0.493 e. The number of allylic oxidation sites excluding steroid dienone is 3. The molecule has 16 heavy (non-hydrogen) atoms. The van der Waals surface area contributed by atoms with Crippen LogP contribution in [0, 0.1) is 5.92 Å². The summed E-state index contributed by atoms with van der Waals surface area (Å²) in [7, 11) is 2.17. The van der Waals surface area contributed by atoms with E-state index in [9.17, 15) is 0 Å². The zero-order chi connectivity index (χ0) is 12.0. The largest absolute Gasteiger partial charge is 0.493 e. The lowest BCUT2D eigenvalue weighted by Gasteiger charge is -2.29. The van der Waals surface area contributed by atoms with E-state index in [4.69, 9.17) is 4.74 Å². The zero-order valence-corrected chi connectivity index (χ0v) is 10.5. The fourth-order valence-corrected chi connectivity index (χ4v) is 2.05. The molecule has 1 unspecified atom stereocenters. The van der Waals surface area contributed by atoms with Crippen molar-refractivity contribution in [2.45, 2.75) is 19.8 Å². The Balaban J connectivity index is 2.43. The summed E-state index contributed by atoms with van der Waals surface area (Å²) in [6.07, 6.45) is 6.12. The second-order valence-corrected chi connectivity index (χ2v) is 4.54. The first-order chi connectivity index (χ1) is 7.67. The van der Waals surface area contributed by atoms with E-state index in [-0.39, 0.29) is 0 Å². The van der Waals surface area contributed by atoms with Gasteiger partial charge in [0.15, 0.2) is 0 Å². The SMILES string of the molecule is C=C/C(C)=C(\C=C)OCC1CCCN(C)C1. The van der Waals surface area contributed by atoms with Crippen molar-refractivity contribution in [2.75, 3.05) is 26.7 Å². The predicted molar refractivity (Wildman–Crippen MR) is 69.3 cm³/mol. The van der Waals surface area contributed by atoms with Crippen LogP contribution in [0.5, 0.6) is 0 Å². The lowest BCUT2D eigenvalue weighted by atomic mass is 9.99. The van der Waals surface area contributed by atoms with Crippen LogP contribution in [0.1, 0.15) is 19.8 Å². The first-order valence-corrected chi connectivity index (χ1v) is 5.94. The summed E-state index contributed by atoms with van der Waals surface area (Å²) in [6, 6.07) is 0. The van der Waals surface area contributed by atoms with Gasteiger partial charge in [-0.3, -0.25) is 0 Å². The summed E-state index contributed by atoms with van der Waals surface area (Å²) >= 11 is 0. The van der Waals surface area contributed by atoms with Gasteiger partial charge in [-0.1, -0.05) is 19.2 Å². The topological polar surface area (TPSA) is 12.5 Å². The maximum Gasteiger partial charge on any atom is 0.121 e. The number of likely N-dealkylation sites (tertiary alicyclic amines) is 1. The van der Waals surface area contributed by atoms with Crippen LogP contribution in [0.4, 0.5) is 0 Å². The molecule has 0 amide bonds. The van der Waals surface area contributed by atoms with E-state index in [1.165, 1.54) is 19.4 Å². The van der Waals surface area contributed by atoms with Crippen molar-refractivity contribution < 1.29 is 4.74 Å². The Hall–Kier alpha value is -1.02. The first kappa shape index (κ1) is 13.0. The molecule has 0 bridgehead atoms. The minimum atomic E-state index is 0.645. The Kier molecular flexibility index (Phi) is 5.33. The highest BCUT2D eigenvalue weighted by Gasteiger charge is 2.17. The van der Waals surface area contributed by atoms with Gasteiger partial charge in [0.2, 0.25) is 0 Å². The zero-order valence-electron chi connectivity index (χ0n) is 10.5. The molecule has 0 N–H and O–H groups in total. The Morgan fingerprint density at radius 1 is 1.44 bits per heavy atom. The number of nitrogens with zero attached hydrogens (tertiary/aromatic N) is 1. The summed E-state index contributed by atoms with van der Waals surface area (Å²) in [5.74, 6) is 1.51. The monoisotopic (exact) mass is 221 g/mol. The van der Waals surface area contributed by atoms with Gasteiger partial charge in [0.25, 0.3) is 0 Å². The Morgan fingerprint density at radius 3 is 2.75 bits per heavy atom. The van der Waals surface area contributed by atoms with E-state index < -0.39 is 0 Å². The Labute approximate surface area is 99.3 Å². The highest BCUT2D eigenvalue weighted by atomic mass is 16.5. The normalized spacial score (nSPS) is 23.5. The summed E-state index contributed by atoms with van der Waals surface area (Å²) in [5, 5.41) is 0. The van der Waals surface area contributed by atoms with Crippen molar-refractivity contribution in [3.63, 3.8) is 0 Å². The molecule has 0 aromatic heterocycles. The van der Waals surface area contributed by atoms with Crippen LogP contribution in [0.3, 0.4) is 0 Å². The molecule has 1 heterocycles. The molecule has 1 aliphatic heterocycles. The number of rotatable bonds is 5. The van der Waals surface area contributed by atoms with E-state index in [1.807, 2.05) is 13.0 Å². The summed E-state index contributed by atoms with van der Waals surface area (Å²) in [6.45, 7) is 12.6. The van der Waals surface area contributed by atoms with E-state index in [2.05, 4.69) is 25.1 Å². The molecule has 1 saturated heterocycles. The molecule has 0 aliphatic carbocycles. The van der Waals surface area contributed by atoms with Crippen molar-refractivity contribution >= 4 is 0 Å². The first-order valence-electron chi connectivity index (χ1n) is 5.94. The van der Waals surface area contributed by atoms with Crippen LogP contribution in [-0.4, -0.2) is 31.6 Å². The molecule has 1 fully saturated rings. The molecular formula is C14H23NO. The van der Waals surface area contributed by atoms with E-state index in [0.29, 0.717) is 5.92 Å². The molecular weight excluding hydrogens is 198 g/mol. The lowest BCUT2D eigenvalue weighted by Crippen LogP contribution is -2.34. The molecule has 90 valence electrons. The van der Waals surface area contributed by atoms with Gasteiger partial charge in [-0.2, -0.15) is 0 Å². The van der Waals surface area contributed by atoms with Crippen LogP contribution < -0.4 is 0 Å². The fraction of sp³-hybridized carbons (Fsp3) is 0.571. The smallest absolute Gasteiger partial charge is 0.121 e. The van der Waals surface area contributed by atoms with Crippen LogP contribution >= 0.6 is 0 Å². The second-order valence-electron chi connectivity index (χ2n) is 4.54. The third kappa shape index (κ3) is 3.86. The minimum absolute atomic E-state index is 0.645. The second kappa shape index (κ2) is 6.54. The quantitative estimate of drug-likeness (QED) is 0.523. The van der Waals surface area contributed by atoms with E-state index >= 15 is 0 Å². The summed E-state index contributed by atoms with van der Waals surface area (Å²) in [5.41, 5.74) is 1.05. The van der Waals surface area contributed by atoms with Crippen molar-refractivity contribution in [3.8, 4) is 0 Å². The maximum absolute atomic E-state index is 5.80. The van der Waals surface area contributed by atoms with Crippen LogP contribution in [0.15, 0.2) is 36.6 Å². The maximum atomic E-state index is 5.80. The van der Waals surface area contributed by atoms with Crippen LogP contribution in [0.2, 0.25) is 0 Å². The van der Waals surface area contributed by atoms with Gasteiger partial charge in [-0.15, -0.1) is 0 Å². The third-order valence-electron chi connectivity index (χ3n) is 3.08. The Morgan fingerprint density at radius 2 is 2.19 bits per heavy atom. The van der Waals surface area contributed by atoms with E-state index in [1.54, 1.807) is 6.08 Å². The van der Waals surface area contributed by atoms with Gasteiger partial charge < -0.3 is 9.64 Å². The molecule has 0 aromatic rings. The summed E-state index contributed by atoms with van der Waals surface area (Å²) in [4.78, 5) is 2.37. The number of piperidine rings is 1. The average Bonchev–Trinajstić information content (AvgIpc) is 2.29. The molecule has 0 saturated carbocycles. The average molecular weight is 221 g/mol. The molecule has 0 spiro atoms. The lowest BCUT2D eigenvalue weighted by molar-refractivity contribution is 0.114. The molecule has 1 atom stereocenters. The molecule has 1 rings (SSSR count). The van der Waals surface area contributed by atoms with Gasteiger partial charge >= 0.3 is 0 Å². The van der Waals surface area contributed by atoms with Crippen LogP contribution in [0.25, 0.3) is 0 Å². The third-order valence-corrected chi connectivity index (χ3v) is 3.08. The van der Waals surface area contributed by atoms with Gasteiger partial charge in [-0.25, -0.2) is 0 Å². The van der Waals surface area contributed by atoms with Crippen molar-refractivity contribution in [1.29, 1.82) is 0 Å². The highest BCUT2D eigenvalue weighted by molar-refractivity contribution is 5.24. The van der Waals surface area contributed by atoms with Crippen LogP contribution in [-0.2, 0) is 4.74 Å². The molecule has 1 aliphatic rings. The highest BCUT2D eigenvalue weighted by Crippen LogP contribution is 2.17. The van der Waals surface area contributed by atoms with Gasteiger partial charge in [0, 0.05) is 12.5 Å². The Bertz CT molecular complexity index is 280. The standard InChI is InChI=1S/C14H23NO/c1-5-12(3)14(6-2)16-11-13-8-7-9-15(4)10-13/h5-6,13H,1-2,7-11H2,3-4H3/b14-12+. The molecule has 0 aromatic carbocycles.